The summed E-state index contributed by atoms with van der Waals surface area (Å²) in [4.78, 5) is 21.4. The van der Waals surface area contributed by atoms with Crippen LogP contribution in [0.1, 0.15) is 29.8 Å². The van der Waals surface area contributed by atoms with Gasteiger partial charge in [0, 0.05) is 18.6 Å². The Morgan fingerprint density at radius 1 is 1.27 bits per heavy atom. The van der Waals surface area contributed by atoms with Crippen molar-refractivity contribution < 1.29 is 14.0 Å². The van der Waals surface area contributed by atoms with Crippen LogP contribution >= 0.6 is 0 Å². The average molecular weight is 358 g/mol. The lowest BCUT2D eigenvalue weighted by Gasteiger charge is -2.12. The number of rotatable bonds is 4. The molecule has 0 unspecified atom stereocenters. The number of carbonyl (C=O) groups is 1. The van der Waals surface area contributed by atoms with Gasteiger partial charge < -0.3 is 9.88 Å². The molecule has 0 saturated heterocycles. The third-order valence-electron chi connectivity index (χ3n) is 3.75. The van der Waals surface area contributed by atoms with E-state index >= 15 is 0 Å². The lowest BCUT2D eigenvalue weighted by molar-refractivity contribution is 0.0540. The van der Waals surface area contributed by atoms with Gasteiger partial charge in [-0.3, -0.25) is 9.63 Å². The molecule has 0 atom stereocenters. The average Bonchev–Trinajstić information content (AvgIpc) is 2.92. The molecule has 0 aliphatic carbocycles. The number of hydrogen-bond donors (Lipinski definition) is 2. The highest BCUT2D eigenvalue weighted by Crippen LogP contribution is 2.31. The van der Waals surface area contributed by atoms with Crippen molar-refractivity contribution >= 4 is 28.4 Å². The summed E-state index contributed by atoms with van der Waals surface area (Å²) in [5.74, 6) is -0.404. The van der Waals surface area contributed by atoms with Crippen molar-refractivity contribution in [2.24, 2.45) is 7.05 Å². The zero-order valence-corrected chi connectivity index (χ0v) is 15.6. The Morgan fingerprint density at radius 2 is 2.00 bits per heavy atom. The fraction of sp³-hybridized carbons (Fsp3) is 0.263. The molecule has 0 aliphatic heterocycles. The topological polar surface area (TPSA) is 68.2 Å². The molecule has 3 aromatic rings. The Balaban J connectivity index is 0.00000117. The molecule has 138 valence electrons. The number of aromatic nitrogens is 2. The van der Waals surface area contributed by atoms with Gasteiger partial charge in [0.05, 0.1) is 18.4 Å². The molecular formula is C19H23FN4O2. The zero-order chi connectivity index (χ0) is 19.3. The third-order valence-corrected chi connectivity index (χ3v) is 3.75. The number of hydrogen-bond acceptors (Lipinski definition) is 4. The van der Waals surface area contributed by atoms with Gasteiger partial charge in [-0.15, -0.1) is 0 Å². The van der Waals surface area contributed by atoms with Gasteiger partial charge in [-0.05, 0) is 36.8 Å². The van der Waals surface area contributed by atoms with Crippen molar-refractivity contribution in [3.63, 3.8) is 0 Å². The number of nitrogens with zero attached hydrogens (tertiary/aromatic N) is 2. The van der Waals surface area contributed by atoms with E-state index in [1.165, 1.54) is 13.2 Å². The van der Waals surface area contributed by atoms with Crippen molar-refractivity contribution in [1.29, 1.82) is 0 Å². The summed E-state index contributed by atoms with van der Waals surface area (Å²) in [6, 6.07) is 8.37. The summed E-state index contributed by atoms with van der Waals surface area (Å²) in [5, 5.41) is 3.64. The molecule has 0 aliphatic rings. The van der Waals surface area contributed by atoms with E-state index in [9.17, 15) is 9.18 Å². The van der Waals surface area contributed by atoms with Crippen LogP contribution in [0.25, 0.3) is 11.0 Å². The monoisotopic (exact) mass is 358 g/mol. The molecule has 0 spiro atoms. The van der Waals surface area contributed by atoms with E-state index in [-0.39, 0.29) is 5.69 Å². The summed E-state index contributed by atoms with van der Waals surface area (Å²) in [7, 11) is 3.11. The molecule has 3 rings (SSSR count). The minimum atomic E-state index is -0.439. The molecule has 0 bridgehead atoms. The summed E-state index contributed by atoms with van der Waals surface area (Å²) in [6.45, 7) is 5.81. The highest BCUT2D eigenvalue weighted by Gasteiger charge is 2.22. The van der Waals surface area contributed by atoms with Gasteiger partial charge in [-0.25, -0.2) is 14.9 Å². The van der Waals surface area contributed by atoms with Gasteiger partial charge in [0.15, 0.2) is 0 Å². The molecule has 2 heterocycles. The highest BCUT2D eigenvalue weighted by atomic mass is 19.1. The number of nitrogens with one attached hydrogen (secondary N) is 2. The number of benzene rings is 1. The quantitative estimate of drug-likeness (QED) is 0.690. The number of amides is 1. The first-order valence-corrected chi connectivity index (χ1v) is 8.33. The van der Waals surface area contributed by atoms with Crippen LogP contribution in [0, 0.1) is 12.7 Å². The SMILES string of the molecule is CC.CONC(=O)c1c(Nc2ccc(C)cc2F)n(C)c2ncccc12. The predicted octanol–water partition coefficient (Wildman–Crippen LogP) is 4.08. The molecule has 2 aromatic heterocycles. The first-order chi connectivity index (χ1) is 12.5. The molecule has 2 N–H and O–H groups in total. The smallest absolute Gasteiger partial charge is 0.279 e. The molecule has 6 nitrogen and oxygen atoms in total. The van der Waals surface area contributed by atoms with Crippen molar-refractivity contribution in [3.05, 3.63) is 53.5 Å². The van der Waals surface area contributed by atoms with Crippen LogP contribution in [-0.2, 0) is 11.9 Å². The van der Waals surface area contributed by atoms with E-state index in [1.807, 2.05) is 20.8 Å². The van der Waals surface area contributed by atoms with Crippen LogP contribution in [0.15, 0.2) is 36.5 Å². The Kier molecular flexibility index (Phi) is 6.30. The molecule has 0 fully saturated rings. The molecule has 1 amide bonds. The van der Waals surface area contributed by atoms with E-state index < -0.39 is 11.7 Å². The van der Waals surface area contributed by atoms with E-state index in [0.29, 0.717) is 22.4 Å². The zero-order valence-electron chi connectivity index (χ0n) is 15.6. The van der Waals surface area contributed by atoms with Crippen LogP contribution in [0.3, 0.4) is 0 Å². The first-order valence-electron chi connectivity index (χ1n) is 8.33. The van der Waals surface area contributed by atoms with Crippen LogP contribution in [-0.4, -0.2) is 22.6 Å². The van der Waals surface area contributed by atoms with Crippen LogP contribution in [0.5, 0.6) is 0 Å². The fourth-order valence-electron chi connectivity index (χ4n) is 2.63. The van der Waals surface area contributed by atoms with Gasteiger partial charge in [-0.1, -0.05) is 19.9 Å². The second-order valence-corrected chi connectivity index (χ2v) is 5.40. The van der Waals surface area contributed by atoms with Crippen molar-refractivity contribution in [1.82, 2.24) is 15.0 Å². The maximum Gasteiger partial charge on any atom is 0.279 e. The van der Waals surface area contributed by atoms with E-state index in [2.05, 4.69) is 15.8 Å². The molecule has 0 radical (unpaired) electrons. The lowest BCUT2D eigenvalue weighted by Crippen LogP contribution is -2.22. The number of pyridine rings is 1. The third kappa shape index (κ3) is 3.67. The Bertz CT molecular complexity index is 921. The standard InChI is InChI=1S/C17H17FN4O2.C2H6/c1-10-6-7-13(12(18)9-10)20-16-14(17(23)21-24-3)11-5-4-8-19-15(11)22(16)2;1-2/h4-9,20H,1-3H3,(H,21,23);1-2H3. The summed E-state index contributed by atoms with van der Waals surface area (Å²) < 4.78 is 15.9. The molecule has 26 heavy (non-hydrogen) atoms. The van der Waals surface area contributed by atoms with Gasteiger partial charge in [0.1, 0.15) is 17.3 Å². The van der Waals surface area contributed by atoms with Crippen molar-refractivity contribution in [2.45, 2.75) is 20.8 Å². The number of carbonyl (C=O) groups excluding carboxylic acids is 1. The minimum Gasteiger partial charge on any atom is -0.339 e. The number of fused-ring (bicyclic) bond motifs is 1. The van der Waals surface area contributed by atoms with Gasteiger partial charge in [0.2, 0.25) is 0 Å². The van der Waals surface area contributed by atoms with E-state index in [4.69, 9.17) is 4.84 Å². The maximum absolute atomic E-state index is 14.2. The second-order valence-electron chi connectivity index (χ2n) is 5.40. The largest absolute Gasteiger partial charge is 0.339 e. The van der Waals surface area contributed by atoms with Crippen LogP contribution in [0.2, 0.25) is 0 Å². The summed E-state index contributed by atoms with van der Waals surface area (Å²) >= 11 is 0. The van der Waals surface area contributed by atoms with E-state index in [1.54, 1.807) is 42.1 Å². The van der Waals surface area contributed by atoms with Gasteiger partial charge >= 0.3 is 0 Å². The number of anilines is 2. The Hall–Kier alpha value is -2.93. The van der Waals surface area contributed by atoms with Crippen LogP contribution in [0.4, 0.5) is 15.9 Å². The number of aryl methyl sites for hydroxylation is 2. The maximum atomic E-state index is 14.2. The van der Waals surface area contributed by atoms with Gasteiger partial charge in [0.25, 0.3) is 5.91 Å². The van der Waals surface area contributed by atoms with Crippen molar-refractivity contribution in [3.8, 4) is 0 Å². The minimum absolute atomic E-state index is 0.276. The Morgan fingerprint density at radius 3 is 2.65 bits per heavy atom. The number of halogens is 1. The highest BCUT2D eigenvalue weighted by molar-refractivity contribution is 6.11. The summed E-state index contributed by atoms with van der Waals surface area (Å²) in [6.07, 6.45) is 1.64. The molecule has 0 saturated carbocycles. The Labute approximate surface area is 151 Å². The van der Waals surface area contributed by atoms with Gasteiger partial charge in [-0.2, -0.15) is 0 Å². The normalized spacial score (nSPS) is 10.2. The lowest BCUT2D eigenvalue weighted by atomic mass is 10.2. The molecule has 7 heteroatoms. The molecule has 1 aromatic carbocycles. The van der Waals surface area contributed by atoms with Crippen LogP contribution < -0.4 is 10.8 Å². The molecular weight excluding hydrogens is 335 g/mol. The second kappa shape index (κ2) is 8.44. The summed E-state index contributed by atoms with van der Waals surface area (Å²) in [5.41, 5.74) is 4.33. The number of hydroxylamine groups is 1. The fourth-order valence-corrected chi connectivity index (χ4v) is 2.63. The predicted molar refractivity (Wildman–Crippen MR) is 101 cm³/mol. The van der Waals surface area contributed by atoms with Crippen molar-refractivity contribution in [2.75, 3.05) is 12.4 Å². The van der Waals surface area contributed by atoms with E-state index in [0.717, 1.165) is 5.56 Å². The first kappa shape index (κ1) is 19.4.